The molecule has 1 aromatic carbocycles. The molecular formula is C13H18ClNO2. The van der Waals surface area contributed by atoms with E-state index in [0.29, 0.717) is 5.31 Å². The van der Waals surface area contributed by atoms with Gasteiger partial charge in [-0.05, 0) is 32.9 Å². The van der Waals surface area contributed by atoms with Crippen LogP contribution in [0.1, 0.15) is 33.1 Å². The minimum absolute atomic E-state index is 0.0113. The number of benzene rings is 1. The fourth-order valence-corrected chi connectivity index (χ4v) is 1.86. The first-order chi connectivity index (χ1) is 10.3. The summed E-state index contributed by atoms with van der Waals surface area (Å²) in [5, 5.41) is 11.6. The Labute approximate surface area is 115 Å². The van der Waals surface area contributed by atoms with Gasteiger partial charge in [0.25, 0.3) is 0 Å². The topological polar surface area (TPSA) is 41.5 Å². The van der Waals surface area contributed by atoms with Crippen molar-refractivity contribution in [3.05, 3.63) is 34.9 Å². The third-order valence-corrected chi connectivity index (χ3v) is 2.75. The smallest absolute Gasteiger partial charge is 0.208 e. The van der Waals surface area contributed by atoms with Gasteiger partial charge in [-0.25, -0.2) is 0 Å². The van der Waals surface area contributed by atoms with Gasteiger partial charge in [-0.3, -0.25) is 0 Å². The number of hydrogen-bond acceptors (Lipinski definition) is 3. The molecule has 3 nitrogen and oxygen atoms in total. The molecule has 0 amide bonds. The van der Waals surface area contributed by atoms with E-state index in [4.69, 9.17) is 24.6 Å². The molecule has 1 aromatic rings. The number of aliphatic hydroxyl groups is 1. The molecule has 1 aliphatic heterocycles. The predicted molar refractivity (Wildman–Crippen MR) is 68.0 cm³/mol. The molecular weight excluding hydrogens is 238 g/mol. The summed E-state index contributed by atoms with van der Waals surface area (Å²) in [6, 6.07) is 3.58. The highest BCUT2D eigenvalue weighted by atomic mass is 35.5. The highest BCUT2D eigenvalue weighted by Gasteiger charge is 2.44. The van der Waals surface area contributed by atoms with E-state index in [0.717, 1.165) is 13.8 Å². The minimum atomic E-state index is -2.74. The predicted octanol–water partition coefficient (Wildman–Crippen LogP) is 2.27. The first-order valence-corrected chi connectivity index (χ1v) is 5.51. The lowest BCUT2D eigenvalue weighted by atomic mass is 9.93. The van der Waals surface area contributed by atoms with E-state index in [1.807, 2.05) is 0 Å². The molecule has 0 bridgehead atoms. The molecule has 2 rings (SSSR count). The second-order valence-electron chi connectivity index (χ2n) is 4.20. The molecule has 1 aliphatic rings. The van der Waals surface area contributed by atoms with Crippen LogP contribution in [-0.4, -0.2) is 23.2 Å². The Bertz CT molecular complexity index is 616. The molecule has 0 aliphatic carbocycles. The maximum Gasteiger partial charge on any atom is 0.208 e. The summed E-state index contributed by atoms with van der Waals surface area (Å²) in [7, 11) is 0. The number of ether oxygens (including phenoxy) is 1. The van der Waals surface area contributed by atoms with E-state index in [2.05, 4.69) is 0 Å². The van der Waals surface area contributed by atoms with Gasteiger partial charge in [-0.1, -0.05) is 23.7 Å². The number of rotatable bonds is 1. The van der Waals surface area contributed by atoms with Crippen molar-refractivity contribution in [1.29, 1.82) is 0 Å². The van der Waals surface area contributed by atoms with Crippen LogP contribution >= 0.6 is 11.6 Å². The van der Waals surface area contributed by atoms with Gasteiger partial charge >= 0.3 is 0 Å². The first kappa shape index (κ1) is 7.10. The number of nitrogens with one attached hydrogen (secondary N) is 1. The molecule has 0 saturated carbocycles. The fraction of sp³-hybridized carbons (Fsp3) is 0.538. The van der Waals surface area contributed by atoms with Gasteiger partial charge in [0, 0.05) is 18.9 Å². The van der Waals surface area contributed by atoms with Crippen molar-refractivity contribution in [3.63, 3.8) is 0 Å². The molecule has 2 N–H and O–H groups in total. The minimum Gasteiger partial charge on any atom is -0.361 e. The van der Waals surface area contributed by atoms with Gasteiger partial charge in [-0.15, -0.1) is 0 Å². The van der Waals surface area contributed by atoms with Crippen LogP contribution in [0.3, 0.4) is 0 Å². The van der Waals surface area contributed by atoms with Crippen LogP contribution in [0.4, 0.5) is 0 Å². The highest BCUT2D eigenvalue weighted by molar-refractivity contribution is 6.30. The van der Waals surface area contributed by atoms with Gasteiger partial charge < -0.3 is 15.2 Å². The van der Waals surface area contributed by atoms with Gasteiger partial charge in [0.1, 0.15) is 1.41 Å². The van der Waals surface area contributed by atoms with Crippen LogP contribution < -0.4 is 5.31 Å². The SMILES string of the molecule is [2H]C([2H])C1(C)N([2H])C([2H])(C)C(O)(c2cccc(Cl)c2)OC1([2H])[2H]. The molecule has 1 fully saturated rings. The van der Waals surface area contributed by atoms with Crippen LogP contribution in [0.15, 0.2) is 24.3 Å². The summed E-state index contributed by atoms with van der Waals surface area (Å²) in [5.74, 6) is -2.52. The lowest BCUT2D eigenvalue weighted by Gasteiger charge is -2.46. The standard InChI is InChI=1S/C13H18ClNO2/c1-9-13(16,17-8-12(2,3)15-9)10-5-4-6-11(14)7-10/h4-7,9,15-16H,8H2,1-3H3/i2D2,8D2,9D/hD. The number of halogens is 1. The summed E-state index contributed by atoms with van der Waals surface area (Å²) in [5.41, 5.74) is -2.08. The van der Waals surface area contributed by atoms with Crippen molar-refractivity contribution in [2.75, 3.05) is 6.56 Å². The van der Waals surface area contributed by atoms with E-state index in [1.54, 1.807) is 6.07 Å². The average molecular weight is 262 g/mol. The van der Waals surface area contributed by atoms with Crippen LogP contribution in [0.2, 0.25) is 6.43 Å². The Hall–Kier alpha value is -0.610. The van der Waals surface area contributed by atoms with Crippen LogP contribution in [-0.2, 0) is 10.5 Å². The maximum absolute atomic E-state index is 10.9. The largest absolute Gasteiger partial charge is 0.361 e. The molecule has 0 aromatic heterocycles. The molecule has 0 spiro atoms. The van der Waals surface area contributed by atoms with E-state index < -0.39 is 30.8 Å². The van der Waals surface area contributed by atoms with Gasteiger partial charge in [-0.2, -0.15) is 0 Å². The molecule has 3 atom stereocenters. The normalized spacial score (nSPS) is 51.8. The zero-order chi connectivity index (χ0) is 17.8. The van der Waals surface area contributed by atoms with Gasteiger partial charge in [0.2, 0.25) is 5.79 Å². The molecule has 1 saturated heterocycles. The van der Waals surface area contributed by atoms with Gasteiger partial charge in [0.15, 0.2) is 0 Å². The van der Waals surface area contributed by atoms with E-state index in [1.165, 1.54) is 18.2 Å². The summed E-state index contributed by atoms with van der Waals surface area (Å²) in [6.07, 6.45) is 0. The van der Waals surface area contributed by atoms with Crippen LogP contribution in [0.25, 0.3) is 0 Å². The Morgan fingerprint density at radius 2 is 2.59 bits per heavy atom. The highest BCUT2D eigenvalue weighted by Crippen LogP contribution is 2.33. The molecule has 4 heteroatoms. The Morgan fingerprint density at radius 3 is 3.24 bits per heavy atom. The molecule has 17 heavy (non-hydrogen) atoms. The van der Waals surface area contributed by atoms with Crippen molar-refractivity contribution < 1.29 is 18.1 Å². The van der Waals surface area contributed by atoms with Crippen molar-refractivity contribution in [2.24, 2.45) is 0 Å². The van der Waals surface area contributed by atoms with Crippen molar-refractivity contribution in [3.8, 4) is 0 Å². The second-order valence-corrected chi connectivity index (χ2v) is 4.64. The molecule has 94 valence electrons. The van der Waals surface area contributed by atoms with Crippen molar-refractivity contribution in [1.82, 2.24) is 5.31 Å². The lowest BCUT2D eigenvalue weighted by molar-refractivity contribution is -0.263. The van der Waals surface area contributed by atoms with Crippen molar-refractivity contribution in [2.45, 2.75) is 38.1 Å². The average Bonchev–Trinajstić information content (AvgIpc) is 2.43. The van der Waals surface area contributed by atoms with Crippen LogP contribution in [0.5, 0.6) is 0 Å². The monoisotopic (exact) mass is 261 g/mol. The third-order valence-electron chi connectivity index (χ3n) is 2.51. The lowest BCUT2D eigenvalue weighted by Crippen LogP contribution is -2.63. The van der Waals surface area contributed by atoms with E-state index in [9.17, 15) is 5.11 Å². The summed E-state index contributed by atoms with van der Waals surface area (Å²) >= 11 is 5.89. The quantitative estimate of drug-likeness (QED) is 0.815. The maximum atomic E-state index is 10.9. The Balaban J connectivity index is 2.65. The third kappa shape index (κ3) is 2.47. The first-order valence-electron chi connectivity index (χ1n) is 8.23. The zero-order valence-corrected chi connectivity index (χ0v) is 10.3. The second kappa shape index (κ2) is 4.25. The van der Waals surface area contributed by atoms with Crippen molar-refractivity contribution >= 4 is 11.6 Å². The molecule has 3 unspecified atom stereocenters. The fourth-order valence-electron chi connectivity index (χ4n) is 1.67. The van der Waals surface area contributed by atoms with Gasteiger partial charge in [0.05, 0.1) is 16.7 Å². The summed E-state index contributed by atoms with van der Waals surface area (Å²) in [4.78, 5) is 0. The van der Waals surface area contributed by atoms with E-state index in [-0.39, 0.29) is 10.6 Å². The van der Waals surface area contributed by atoms with E-state index >= 15 is 0 Å². The molecule has 1 heterocycles. The number of hydrogen-bond donors (Lipinski definition) is 2. The summed E-state index contributed by atoms with van der Waals surface area (Å²) in [6.45, 7) is -2.25. The molecule has 0 radical (unpaired) electrons. The Kier molecular flexibility index (Phi) is 1.77. The number of morpholine rings is 1. The zero-order valence-electron chi connectivity index (χ0n) is 15.6. The summed E-state index contributed by atoms with van der Waals surface area (Å²) < 4.78 is 53.1. The Morgan fingerprint density at radius 1 is 1.82 bits per heavy atom. The van der Waals surface area contributed by atoms with Crippen LogP contribution in [0, 0.1) is 0 Å².